The Hall–Kier alpha value is -2.28. The Morgan fingerprint density at radius 1 is 1.38 bits per heavy atom. The number of hydrogen-bond acceptors (Lipinski definition) is 6. The third-order valence-electron chi connectivity index (χ3n) is 2.69. The molecule has 2 amide bonds. The molecule has 1 aromatic rings. The molecule has 1 aliphatic rings. The number of phenols is 1. The van der Waals surface area contributed by atoms with Crippen LogP contribution in [0.1, 0.15) is 12.5 Å². The van der Waals surface area contributed by atoms with E-state index in [4.69, 9.17) is 4.74 Å². The van der Waals surface area contributed by atoms with Crippen LogP contribution in [0.2, 0.25) is 0 Å². The number of nitrogens with zero attached hydrogens (tertiary/aromatic N) is 1. The third-order valence-corrected chi connectivity index (χ3v) is 3.60. The number of thioether (sulfide) groups is 1. The Bertz CT molecular complexity index is 626. The molecule has 7 heteroatoms. The number of benzene rings is 1. The van der Waals surface area contributed by atoms with Crippen molar-refractivity contribution in [3.63, 3.8) is 0 Å². The number of imide groups is 1. The van der Waals surface area contributed by atoms with Crippen molar-refractivity contribution in [2.75, 3.05) is 13.2 Å². The van der Waals surface area contributed by atoms with Crippen LogP contribution in [0.5, 0.6) is 5.75 Å². The summed E-state index contributed by atoms with van der Waals surface area (Å²) in [4.78, 5) is 36.2. The Kier molecular flexibility index (Phi) is 4.64. The lowest BCUT2D eigenvalue weighted by Crippen LogP contribution is -2.34. The van der Waals surface area contributed by atoms with Crippen molar-refractivity contribution in [3.05, 3.63) is 34.7 Å². The first-order chi connectivity index (χ1) is 10.0. The topological polar surface area (TPSA) is 83.9 Å². The van der Waals surface area contributed by atoms with Gasteiger partial charge in [0.2, 0.25) is 0 Å². The van der Waals surface area contributed by atoms with E-state index in [0.717, 1.165) is 16.7 Å². The van der Waals surface area contributed by atoms with Gasteiger partial charge in [-0.05, 0) is 30.8 Å². The van der Waals surface area contributed by atoms with Crippen LogP contribution in [0.15, 0.2) is 29.2 Å². The number of carbonyl (C=O) groups excluding carboxylic acids is 3. The summed E-state index contributed by atoms with van der Waals surface area (Å²) in [5.41, 5.74) is 0.430. The van der Waals surface area contributed by atoms with Crippen LogP contribution in [-0.2, 0) is 14.3 Å². The molecule has 0 spiro atoms. The highest BCUT2D eigenvalue weighted by Crippen LogP contribution is 2.33. The molecular weight excluding hydrogens is 294 g/mol. The van der Waals surface area contributed by atoms with Gasteiger partial charge in [0, 0.05) is 5.56 Å². The maximum absolute atomic E-state index is 12.1. The molecule has 1 N–H and O–H groups in total. The molecule has 2 rings (SSSR count). The van der Waals surface area contributed by atoms with Gasteiger partial charge < -0.3 is 9.84 Å². The van der Waals surface area contributed by atoms with Gasteiger partial charge in [-0.15, -0.1) is 0 Å². The summed E-state index contributed by atoms with van der Waals surface area (Å²) in [6.45, 7) is 1.42. The van der Waals surface area contributed by atoms with Gasteiger partial charge in [0.05, 0.1) is 11.5 Å². The van der Waals surface area contributed by atoms with E-state index in [0.29, 0.717) is 5.56 Å². The van der Waals surface area contributed by atoms with Crippen molar-refractivity contribution < 1.29 is 24.2 Å². The molecule has 1 aliphatic heterocycles. The van der Waals surface area contributed by atoms with E-state index in [-0.39, 0.29) is 17.3 Å². The average Bonchev–Trinajstić information content (AvgIpc) is 2.69. The molecule has 0 aliphatic carbocycles. The zero-order chi connectivity index (χ0) is 15.4. The van der Waals surface area contributed by atoms with Crippen molar-refractivity contribution in [1.29, 1.82) is 0 Å². The zero-order valence-electron chi connectivity index (χ0n) is 11.2. The highest BCUT2D eigenvalue weighted by atomic mass is 32.2. The van der Waals surface area contributed by atoms with Gasteiger partial charge in [0.15, 0.2) is 0 Å². The Morgan fingerprint density at radius 3 is 2.76 bits per heavy atom. The first kappa shape index (κ1) is 15.1. The molecule has 1 fully saturated rings. The summed E-state index contributed by atoms with van der Waals surface area (Å²) in [6.07, 6.45) is 1.42. The lowest BCUT2D eigenvalue weighted by Gasteiger charge is -2.10. The SMILES string of the molecule is CCOC(=O)CN1C(=O)S/C(=C\c2ccccc2O)C1=O. The smallest absolute Gasteiger partial charge is 0.326 e. The molecule has 0 saturated carbocycles. The second-order valence-electron chi connectivity index (χ2n) is 4.13. The summed E-state index contributed by atoms with van der Waals surface area (Å²) >= 11 is 0.725. The van der Waals surface area contributed by atoms with Crippen LogP contribution >= 0.6 is 11.8 Å². The van der Waals surface area contributed by atoms with Gasteiger partial charge >= 0.3 is 5.97 Å². The number of esters is 1. The third kappa shape index (κ3) is 3.43. The lowest BCUT2D eigenvalue weighted by atomic mass is 10.2. The molecule has 0 unspecified atom stereocenters. The normalized spacial score (nSPS) is 16.6. The van der Waals surface area contributed by atoms with Crippen LogP contribution in [0.25, 0.3) is 6.08 Å². The molecule has 21 heavy (non-hydrogen) atoms. The number of aromatic hydroxyl groups is 1. The van der Waals surface area contributed by atoms with E-state index in [9.17, 15) is 19.5 Å². The van der Waals surface area contributed by atoms with Crippen LogP contribution in [0, 0.1) is 0 Å². The maximum atomic E-state index is 12.1. The summed E-state index contributed by atoms with van der Waals surface area (Å²) in [6, 6.07) is 6.46. The molecule has 0 radical (unpaired) electrons. The summed E-state index contributed by atoms with van der Waals surface area (Å²) < 4.78 is 4.72. The molecule has 6 nitrogen and oxygen atoms in total. The van der Waals surface area contributed by atoms with E-state index >= 15 is 0 Å². The second-order valence-corrected chi connectivity index (χ2v) is 5.12. The van der Waals surface area contributed by atoms with Crippen LogP contribution in [0.3, 0.4) is 0 Å². The molecule has 0 aromatic heterocycles. The molecule has 1 aromatic carbocycles. The number of rotatable bonds is 4. The van der Waals surface area contributed by atoms with Crippen LogP contribution < -0.4 is 0 Å². The Balaban J connectivity index is 2.18. The Labute approximate surface area is 125 Å². The van der Waals surface area contributed by atoms with E-state index < -0.39 is 23.7 Å². The summed E-state index contributed by atoms with van der Waals surface area (Å²) in [7, 11) is 0. The van der Waals surface area contributed by atoms with E-state index in [1.807, 2.05) is 0 Å². The van der Waals surface area contributed by atoms with Gasteiger partial charge in [-0.2, -0.15) is 0 Å². The van der Waals surface area contributed by atoms with E-state index in [1.165, 1.54) is 12.1 Å². The number of amides is 2. The monoisotopic (exact) mass is 307 g/mol. The molecule has 110 valence electrons. The number of carbonyl (C=O) groups is 3. The lowest BCUT2D eigenvalue weighted by molar-refractivity contribution is -0.145. The quantitative estimate of drug-likeness (QED) is 0.676. The minimum Gasteiger partial charge on any atom is -0.507 e. The van der Waals surface area contributed by atoms with Gasteiger partial charge in [0.1, 0.15) is 12.3 Å². The van der Waals surface area contributed by atoms with Crippen LogP contribution in [0.4, 0.5) is 4.79 Å². The largest absolute Gasteiger partial charge is 0.507 e. The summed E-state index contributed by atoms with van der Waals surface area (Å²) in [5.74, 6) is -1.19. The Morgan fingerprint density at radius 2 is 2.10 bits per heavy atom. The second kappa shape index (κ2) is 6.45. The first-order valence-corrected chi connectivity index (χ1v) is 7.03. The van der Waals surface area contributed by atoms with Crippen molar-refractivity contribution in [2.24, 2.45) is 0 Å². The number of phenolic OH excluding ortho intramolecular Hbond substituents is 1. The number of ether oxygens (including phenoxy) is 1. The highest BCUT2D eigenvalue weighted by molar-refractivity contribution is 8.18. The minimum absolute atomic E-state index is 0.00897. The standard InChI is InChI=1S/C14H13NO5S/c1-2-20-12(17)8-15-13(18)11(21-14(15)19)7-9-5-3-4-6-10(9)16/h3-7,16H,2,8H2,1H3/b11-7-. The number of hydrogen-bond donors (Lipinski definition) is 1. The van der Waals surface area contributed by atoms with Gasteiger partial charge in [0.25, 0.3) is 11.1 Å². The fraction of sp³-hybridized carbons (Fsp3) is 0.214. The zero-order valence-corrected chi connectivity index (χ0v) is 12.1. The first-order valence-electron chi connectivity index (χ1n) is 6.22. The molecule has 0 bridgehead atoms. The fourth-order valence-corrected chi connectivity index (χ4v) is 2.55. The van der Waals surface area contributed by atoms with Crippen molar-refractivity contribution in [1.82, 2.24) is 4.90 Å². The van der Waals surface area contributed by atoms with Crippen molar-refractivity contribution in [3.8, 4) is 5.75 Å². The van der Waals surface area contributed by atoms with Crippen LogP contribution in [-0.4, -0.2) is 40.3 Å². The average molecular weight is 307 g/mol. The van der Waals surface area contributed by atoms with Crippen molar-refractivity contribution >= 4 is 35.0 Å². The molecule has 1 heterocycles. The fourth-order valence-electron chi connectivity index (χ4n) is 1.72. The van der Waals surface area contributed by atoms with E-state index in [1.54, 1.807) is 25.1 Å². The molecular formula is C14H13NO5S. The van der Waals surface area contributed by atoms with E-state index in [2.05, 4.69) is 0 Å². The minimum atomic E-state index is -0.636. The van der Waals surface area contributed by atoms with Crippen molar-refractivity contribution in [2.45, 2.75) is 6.92 Å². The predicted molar refractivity (Wildman–Crippen MR) is 77.4 cm³/mol. The molecule has 1 saturated heterocycles. The van der Waals surface area contributed by atoms with Gasteiger partial charge in [-0.3, -0.25) is 19.3 Å². The van der Waals surface area contributed by atoms with Gasteiger partial charge in [-0.25, -0.2) is 0 Å². The summed E-state index contributed by atoms with van der Waals surface area (Å²) in [5, 5.41) is 9.13. The maximum Gasteiger partial charge on any atom is 0.326 e. The highest BCUT2D eigenvalue weighted by Gasteiger charge is 2.36. The molecule has 0 atom stereocenters. The van der Waals surface area contributed by atoms with Gasteiger partial charge in [-0.1, -0.05) is 18.2 Å². The predicted octanol–water partition coefficient (Wildman–Crippen LogP) is 1.99. The number of para-hydroxylation sites is 1.